The molecule has 0 aliphatic heterocycles. The number of carbonyl (C=O) groups is 1. The zero-order valence-electron chi connectivity index (χ0n) is 11.4. The molecular weight excluding hydrogens is 212 g/mol. The van der Waals surface area contributed by atoms with E-state index in [2.05, 4.69) is 20.8 Å². The van der Waals surface area contributed by atoms with Crippen molar-refractivity contribution in [3.8, 4) is 0 Å². The molecule has 2 heteroatoms. The summed E-state index contributed by atoms with van der Waals surface area (Å²) in [6, 6.07) is 0. The van der Waals surface area contributed by atoms with Crippen molar-refractivity contribution in [3.05, 3.63) is 11.6 Å². The molecule has 0 aromatic heterocycles. The quantitative estimate of drug-likeness (QED) is 0.656. The van der Waals surface area contributed by atoms with Crippen molar-refractivity contribution in [3.63, 3.8) is 0 Å². The predicted molar refractivity (Wildman–Crippen MR) is 68.6 cm³/mol. The van der Waals surface area contributed by atoms with Gasteiger partial charge in [0.1, 0.15) is 5.60 Å². The second kappa shape index (κ2) is 3.94. The number of aliphatic hydroxyl groups is 1. The molecule has 0 radical (unpaired) electrons. The van der Waals surface area contributed by atoms with Gasteiger partial charge in [0, 0.05) is 6.42 Å². The molecule has 0 aromatic rings. The molecule has 2 aliphatic carbocycles. The highest BCUT2D eigenvalue weighted by Crippen LogP contribution is 2.50. The first kappa shape index (κ1) is 12.8. The fourth-order valence-corrected chi connectivity index (χ4v) is 3.46. The molecule has 0 unspecified atom stereocenters. The molecule has 0 bridgehead atoms. The summed E-state index contributed by atoms with van der Waals surface area (Å²) in [5.74, 6) is 1.09. The Labute approximate surface area is 104 Å². The molecule has 0 spiro atoms. The Bertz CT molecular complexity index is 363. The topological polar surface area (TPSA) is 37.3 Å². The van der Waals surface area contributed by atoms with Gasteiger partial charge in [-0.05, 0) is 49.5 Å². The van der Waals surface area contributed by atoms with Crippen LogP contribution in [0.4, 0.5) is 0 Å². The first-order valence-electron chi connectivity index (χ1n) is 6.69. The molecule has 2 rings (SSSR count). The van der Waals surface area contributed by atoms with Gasteiger partial charge in [-0.1, -0.05) is 26.3 Å². The molecular formula is C15H24O2. The SMILES string of the molecule is C[C@@H]1CCC(=O)[C@](C)(O)/C=C2/CC(C)(C)C[C@@H]21. The zero-order valence-corrected chi connectivity index (χ0v) is 11.4. The number of carbonyl (C=O) groups excluding carboxylic acids is 1. The van der Waals surface area contributed by atoms with Crippen LogP contribution in [0.15, 0.2) is 11.6 Å². The maximum Gasteiger partial charge on any atom is 0.168 e. The van der Waals surface area contributed by atoms with Crippen molar-refractivity contribution in [2.75, 3.05) is 0 Å². The molecule has 1 N–H and O–H groups in total. The van der Waals surface area contributed by atoms with Gasteiger partial charge in [-0.15, -0.1) is 0 Å². The molecule has 17 heavy (non-hydrogen) atoms. The standard InChI is InChI=1S/C15H24O2/c1-10-5-6-13(16)15(4,17)8-11-7-14(2,3)9-12(10)11/h8,10,12,17H,5-7,9H2,1-4H3/b11-8-/t10-,12-,15-/m1/s1. The van der Waals surface area contributed by atoms with Gasteiger partial charge >= 0.3 is 0 Å². The fraction of sp³-hybridized carbons (Fsp3) is 0.800. The van der Waals surface area contributed by atoms with E-state index >= 15 is 0 Å². The molecule has 0 heterocycles. The monoisotopic (exact) mass is 236 g/mol. The van der Waals surface area contributed by atoms with Gasteiger partial charge in [0.2, 0.25) is 0 Å². The molecule has 2 nitrogen and oxygen atoms in total. The highest BCUT2D eigenvalue weighted by molar-refractivity contribution is 5.89. The van der Waals surface area contributed by atoms with Crippen LogP contribution in [0.3, 0.4) is 0 Å². The number of rotatable bonds is 0. The van der Waals surface area contributed by atoms with Crippen molar-refractivity contribution in [1.29, 1.82) is 0 Å². The van der Waals surface area contributed by atoms with E-state index in [1.807, 2.05) is 6.08 Å². The third-order valence-corrected chi connectivity index (χ3v) is 4.48. The zero-order chi connectivity index (χ0) is 12.8. The Morgan fingerprint density at radius 1 is 1.35 bits per heavy atom. The summed E-state index contributed by atoms with van der Waals surface area (Å²) >= 11 is 0. The number of allylic oxidation sites excluding steroid dienone is 1. The van der Waals surface area contributed by atoms with Gasteiger partial charge in [0.25, 0.3) is 0 Å². The maximum atomic E-state index is 11.9. The first-order valence-corrected chi connectivity index (χ1v) is 6.69. The van der Waals surface area contributed by atoms with Crippen molar-refractivity contribution >= 4 is 5.78 Å². The van der Waals surface area contributed by atoms with Gasteiger partial charge in [-0.3, -0.25) is 4.79 Å². The van der Waals surface area contributed by atoms with Gasteiger partial charge in [-0.25, -0.2) is 0 Å². The molecule has 1 fully saturated rings. The lowest BCUT2D eigenvalue weighted by Gasteiger charge is -2.28. The van der Waals surface area contributed by atoms with E-state index in [0.717, 1.165) is 12.8 Å². The summed E-state index contributed by atoms with van der Waals surface area (Å²) in [6.07, 6.45) is 5.47. The number of hydrogen-bond donors (Lipinski definition) is 1. The number of hydrogen-bond acceptors (Lipinski definition) is 2. The Balaban J connectivity index is 2.38. The van der Waals surface area contributed by atoms with Crippen molar-refractivity contribution in [1.82, 2.24) is 0 Å². The fourth-order valence-electron chi connectivity index (χ4n) is 3.46. The van der Waals surface area contributed by atoms with Crippen LogP contribution in [-0.4, -0.2) is 16.5 Å². The second-order valence-corrected chi connectivity index (χ2v) is 6.96. The molecule has 2 aliphatic rings. The van der Waals surface area contributed by atoms with Crippen LogP contribution in [0.1, 0.15) is 53.4 Å². The number of Topliss-reactive ketones (excluding diaryl/α,β-unsaturated/α-hetero) is 1. The van der Waals surface area contributed by atoms with Crippen LogP contribution < -0.4 is 0 Å². The van der Waals surface area contributed by atoms with Gasteiger partial charge < -0.3 is 5.11 Å². The van der Waals surface area contributed by atoms with Crippen LogP contribution in [-0.2, 0) is 4.79 Å². The summed E-state index contributed by atoms with van der Waals surface area (Å²) in [5.41, 5.74) is 0.378. The maximum absolute atomic E-state index is 11.9. The molecule has 0 saturated heterocycles. The lowest BCUT2D eigenvalue weighted by atomic mass is 9.78. The first-order chi connectivity index (χ1) is 7.71. The van der Waals surface area contributed by atoms with Crippen LogP contribution in [0.2, 0.25) is 0 Å². The highest BCUT2D eigenvalue weighted by atomic mass is 16.3. The Morgan fingerprint density at radius 2 is 2.00 bits per heavy atom. The lowest BCUT2D eigenvalue weighted by molar-refractivity contribution is -0.132. The highest BCUT2D eigenvalue weighted by Gasteiger charge is 2.41. The van der Waals surface area contributed by atoms with E-state index in [9.17, 15) is 9.90 Å². The van der Waals surface area contributed by atoms with E-state index in [1.165, 1.54) is 12.0 Å². The smallest absolute Gasteiger partial charge is 0.168 e. The molecule has 0 aromatic carbocycles. The number of fused-ring (bicyclic) bond motifs is 1. The van der Waals surface area contributed by atoms with Crippen LogP contribution in [0.25, 0.3) is 0 Å². The summed E-state index contributed by atoms with van der Waals surface area (Å²) in [4.78, 5) is 11.9. The molecule has 0 amide bonds. The lowest BCUT2D eigenvalue weighted by Crippen LogP contribution is -2.35. The summed E-state index contributed by atoms with van der Waals surface area (Å²) in [5, 5.41) is 10.2. The van der Waals surface area contributed by atoms with Gasteiger partial charge in [0.05, 0.1) is 0 Å². The van der Waals surface area contributed by atoms with E-state index in [0.29, 0.717) is 23.7 Å². The van der Waals surface area contributed by atoms with E-state index in [4.69, 9.17) is 0 Å². The largest absolute Gasteiger partial charge is 0.378 e. The average molecular weight is 236 g/mol. The molecule has 3 atom stereocenters. The van der Waals surface area contributed by atoms with E-state index in [1.54, 1.807) is 6.92 Å². The third kappa shape index (κ3) is 2.47. The summed E-state index contributed by atoms with van der Waals surface area (Å²) < 4.78 is 0. The van der Waals surface area contributed by atoms with Crippen molar-refractivity contribution in [2.45, 2.75) is 59.0 Å². The van der Waals surface area contributed by atoms with Gasteiger partial charge in [0.15, 0.2) is 5.78 Å². The van der Waals surface area contributed by atoms with E-state index < -0.39 is 5.60 Å². The average Bonchev–Trinajstić information content (AvgIpc) is 2.47. The Hall–Kier alpha value is -0.630. The van der Waals surface area contributed by atoms with Crippen molar-refractivity contribution in [2.24, 2.45) is 17.3 Å². The number of ketones is 1. The summed E-state index contributed by atoms with van der Waals surface area (Å²) in [7, 11) is 0. The minimum Gasteiger partial charge on any atom is -0.378 e. The third-order valence-electron chi connectivity index (χ3n) is 4.48. The molecule has 96 valence electrons. The predicted octanol–water partition coefficient (Wildman–Crippen LogP) is 3.10. The van der Waals surface area contributed by atoms with Crippen LogP contribution in [0, 0.1) is 17.3 Å². The van der Waals surface area contributed by atoms with Crippen LogP contribution in [0.5, 0.6) is 0 Å². The second-order valence-electron chi connectivity index (χ2n) is 6.96. The Morgan fingerprint density at radius 3 is 2.65 bits per heavy atom. The summed E-state index contributed by atoms with van der Waals surface area (Å²) in [6.45, 7) is 8.44. The minimum absolute atomic E-state index is 0.0278. The molecule has 1 saturated carbocycles. The van der Waals surface area contributed by atoms with E-state index in [-0.39, 0.29) is 5.78 Å². The van der Waals surface area contributed by atoms with Crippen molar-refractivity contribution < 1.29 is 9.90 Å². The normalized spacial score (nSPS) is 44.5. The minimum atomic E-state index is -1.24. The van der Waals surface area contributed by atoms with Gasteiger partial charge in [-0.2, -0.15) is 0 Å². The Kier molecular flexibility index (Phi) is 2.97. The van der Waals surface area contributed by atoms with Crippen LogP contribution >= 0.6 is 0 Å².